The summed E-state index contributed by atoms with van der Waals surface area (Å²) in [7, 11) is 0. The van der Waals surface area contributed by atoms with Crippen LogP contribution in [0.25, 0.3) is 0 Å². The van der Waals surface area contributed by atoms with Gasteiger partial charge in [0, 0.05) is 19.5 Å². The molecule has 4 heteroatoms. The highest BCUT2D eigenvalue weighted by atomic mass is 16.6. The van der Waals surface area contributed by atoms with Crippen molar-refractivity contribution in [1.82, 2.24) is 4.90 Å². The van der Waals surface area contributed by atoms with Gasteiger partial charge in [-0.15, -0.1) is 13.2 Å². The van der Waals surface area contributed by atoms with E-state index in [0.717, 1.165) is 24.8 Å². The van der Waals surface area contributed by atoms with Gasteiger partial charge in [-0.05, 0) is 31.2 Å². The lowest BCUT2D eigenvalue weighted by Gasteiger charge is -2.37. The lowest BCUT2D eigenvalue weighted by Crippen LogP contribution is -2.49. The highest BCUT2D eigenvalue weighted by molar-refractivity contribution is 5.91. The van der Waals surface area contributed by atoms with Crippen molar-refractivity contribution in [3.05, 3.63) is 61.2 Å². The van der Waals surface area contributed by atoms with Crippen LogP contribution < -0.4 is 0 Å². The highest BCUT2D eigenvalue weighted by Crippen LogP contribution is 2.34. The molecule has 0 unspecified atom stereocenters. The van der Waals surface area contributed by atoms with Gasteiger partial charge in [-0.2, -0.15) is 0 Å². The molecule has 0 N–H and O–H groups in total. The van der Waals surface area contributed by atoms with Crippen LogP contribution in [0.1, 0.15) is 37.7 Å². The van der Waals surface area contributed by atoms with E-state index in [1.807, 2.05) is 30.3 Å². The van der Waals surface area contributed by atoms with Gasteiger partial charge in [0.15, 0.2) is 11.4 Å². The molecule has 0 bridgehead atoms. The Labute approximate surface area is 150 Å². The van der Waals surface area contributed by atoms with E-state index >= 15 is 0 Å². The standard InChI is InChI=1S/C21H27NO3/c1-3-15-22(16-4-2)20(24)25-21(13-9-6-10-14-21)19(23)17-18-11-7-5-8-12-18/h3-5,7-8,11-12H,1-2,6,9-10,13-17H2. The monoisotopic (exact) mass is 341 g/mol. The summed E-state index contributed by atoms with van der Waals surface area (Å²) in [5.74, 6) is -0.0103. The van der Waals surface area contributed by atoms with E-state index < -0.39 is 11.7 Å². The minimum Gasteiger partial charge on any atom is -0.435 e. The van der Waals surface area contributed by atoms with Crippen molar-refractivity contribution in [3.63, 3.8) is 0 Å². The zero-order valence-corrected chi connectivity index (χ0v) is 14.8. The molecule has 0 aromatic heterocycles. The number of ketones is 1. The number of nitrogens with zero attached hydrogens (tertiary/aromatic N) is 1. The molecule has 1 amide bonds. The highest BCUT2D eigenvalue weighted by Gasteiger charge is 2.43. The average Bonchev–Trinajstić information content (AvgIpc) is 2.63. The van der Waals surface area contributed by atoms with Gasteiger partial charge in [0.2, 0.25) is 0 Å². The van der Waals surface area contributed by atoms with E-state index in [1.165, 1.54) is 4.90 Å². The Bertz CT molecular complexity index is 593. The quantitative estimate of drug-likeness (QED) is 0.662. The molecule has 25 heavy (non-hydrogen) atoms. The van der Waals surface area contributed by atoms with E-state index in [0.29, 0.717) is 25.9 Å². The summed E-state index contributed by atoms with van der Waals surface area (Å²) >= 11 is 0. The first kappa shape index (κ1) is 19.0. The Balaban J connectivity index is 2.15. The van der Waals surface area contributed by atoms with Crippen LogP contribution in [0.3, 0.4) is 0 Å². The minimum atomic E-state index is -1.01. The fourth-order valence-electron chi connectivity index (χ4n) is 3.27. The fraction of sp³-hybridized carbons (Fsp3) is 0.429. The first-order chi connectivity index (χ1) is 12.1. The normalized spacial score (nSPS) is 15.8. The molecule has 2 rings (SSSR count). The Morgan fingerprint density at radius 2 is 1.64 bits per heavy atom. The van der Waals surface area contributed by atoms with Crippen LogP contribution >= 0.6 is 0 Å². The summed E-state index contributed by atoms with van der Waals surface area (Å²) in [6, 6.07) is 9.61. The van der Waals surface area contributed by atoms with Crippen LogP contribution in [-0.2, 0) is 16.0 Å². The number of benzene rings is 1. The van der Waals surface area contributed by atoms with Gasteiger partial charge in [0.1, 0.15) is 0 Å². The molecule has 1 aliphatic rings. The number of Topliss-reactive ketones (excluding diaryl/α,β-unsaturated/α-hetero) is 1. The molecule has 0 heterocycles. The number of hydrogen-bond acceptors (Lipinski definition) is 3. The summed E-state index contributed by atoms with van der Waals surface area (Å²) < 4.78 is 5.82. The molecular formula is C21H27NO3. The first-order valence-corrected chi connectivity index (χ1v) is 8.88. The van der Waals surface area contributed by atoms with Gasteiger partial charge in [0.05, 0.1) is 0 Å². The molecule has 134 valence electrons. The van der Waals surface area contributed by atoms with Crippen molar-refractivity contribution in [3.8, 4) is 0 Å². The smallest absolute Gasteiger partial charge is 0.411 e. The van der Waals surface area contributed by atoms with Gasteiger partial charge >= 0.3 is 6.09 Å². The second-order valence-corrected chi connectivity index (χ2v) is 6.49. The number of carbonyl (C=O) groups is 2. The summed E-state index contributed by atoms with van der Waals surface area (Å²) in [5, 5.41) is 0. The molecular weight excluding hydrogens is 314 g/mol. The van der Waals surface area contributed by atoms with E-state index in [-0.39, 0.29) is 12.2 Å². The van der Waals surface area contributed by atoms with Crippen LogP contribution in [0.4, 0.5) is 4.79 Å². The molecule has 4 nitrogen and oxygen atoms in total. The third kappa shape index (κ3) is 5.05. The number of ether oxygens (including phenoxy) is 1. The third-order valence-corrected chi connectivity index (χ3v) is 4.62. The number of hydrogen-bond donors (Lipinski definition) is 0. The van der Waals surface area contributed by atoms with Gasteiger partial charge < -0.3 is 9.64 Å². The summed E-state index contributed by atoms with van der Waals surface area (Å²) in [6.07, 6.45) is 7.17. The number of rotatable bonds is 8. The third-order valence-electron chi connectivity index (χ3n) is 4.62. The van der Waals surface area contributed by atoms with E-state index in [1.54, 1.807) is 12.2 Å². The van der Waals surface area contributed by atoms with E-state index in [9.17, 15) is 9.59 Å². The molecule has 1 fully saturated rings. The second kappa shape index (κ2) is 9.21. The fourth-order valence-corrected chi connectivity index (χ4v) is 3.27. The Hall–Kier alpha value is -2.36. The van der Waals surface area contributed by atoms with Crippen molar-refractivity contribution in [2.75, 3.05) is 13.1 Å². The van der Waals surface area contributed by atoms with Crippen molar-refractivity contribution in [2.45, 2.75) is 44.1 Å². The topological polar surface area (TPSA) is 46.6 Å². The number of carbonyl (C=O) groups excluding carboxylic acids is 2. The Morgan fingerprint density at radius 3 is 2.20 bits per heavy atom. The van der Waals surface area contributed by atoms with Gasteiger partial charge in [-0.1, -0.05) is 48.9 Å². The first-order valence-electron chi connectivity index (χ1n) is 8.88. The van der Waals surface area contributed by atoms with Crippen molar-refractivity contribution < 1.29 is 14.3 Å². The van der Waals surface area contributed by atoms with Crippen LogP contribution in [0, 0.1) is 0 Å². The Kier molecular flexibility index (Phi) is 6.99. The molecule has 0 saturated heterocycles. The maximum Gasteiger partial charge on any atom is 0.411 e. The molecule has 0 spiro atoms. The van der Waals surface area contributed by atoms with Crippen molar-refractivity contribution in [2.24, 2.45) is 0 Å². The lowest BCUT2D eigenvalue weighted by atomic mass is 9.79. The van der Waals surface area contributed by atoms with E-state index in [2.05, 4.69) is 13.2 Å². The van der Waals surface area contributed by atoms with Crippen LogP contribution in [0.15, 0.2) is 55.6 Å². The molecule has 1 aliphatic carbocycles. The Morgan fingerprint density at radius 1 is 1.04 bits per heavy atom. The van der Waals surface area contributed by atoms with Crippen molar-refractivity contribution >= 4 is 11.9 Å². The second-order valence-electron chi connectivity index (χ2n) is 6.49. The van der Waals surface area contributed by atoms with Crippen LogP contribution in [-0.4, -0.2) is 35.5 Å². The predicted octanol–water partition coefficient (Wildman–Crippen LogP) is 4.31. The summed E-state index contributed by atoms with van der Waals surface area (Å²) in [4.78, 5) is 27.1. The number of amides is 1. The van der Waals surface area contributed by atoms with Crippen LogP contribution in [0.5, 0.6) is 0 Å². The van der Waals surface area contributed by atoms with Gasteiger partial charge in [-0.3, -0.25) is 4.79 Å². The predicted molar refractivity (Wildman–Crippen MR) is 99.4 cm³/mol. The molecule has 0 atom stereocenters. The molecule has 0 radical (unpaired) electrons. The zero-order chi connectivity index (χ0) is 18.1. The maximum atomic E-state index is 13.0. The molecule has 1 aromatic carbocycles. The summed E-state index contributed by atoms with van der Waals surface area (Å²) in [5.41, 5.74) is -0.0614. The molecule has 1 aromatic rings. The SMILES string of the molecule is C=CCN(CC=C)C(=O)OC1(C(=O)Cc2ccccc2)CCCCC1. The van der Waals surface area contributed by atoms with E-state index in [4.69, 9.17) is 4.74 Å². The summed E-state index contributed by atoms with van der Waals surface area (Å²) in [6.45, 7) is 8.08. The van der Waals surface area contributed by atoms with Gasteiger partial charge in [-0.25, -0.2) is 4.79 Å². The minimum absolute atomic E-state index is 0.0103. The average molecular weight is 341 g/mol. The largest absolute Gasteiger partial charge is 0.435 e. The van der Waals surface area contributed by atoms with Crippen molar-refractivity contribution in [1.29, 1.82) is 0 Å². The molecule has 0 aliphatic heterocycles. The zero-order valence-electron chi connectivity index (χ0n) is 14.8. The maximum absolute atomic E-state index is 13.0. The van der Waals surface area contributed by atoms with Gasteiger partial charge in [0.25, 0.3) is 0 Å². The van der Waals surface area contributed by atoms with Crippen LogP contribution in [0.2, 0.25) is 0 Å². The molecule has 1 saturated carbocycles. The lowest BCUT2D eigenvalue weighted by molar-refractivity contribution is -0.141.